The smallest absolute Gasteiger partial charge is 0.222 e. The van der Waals surface area contributed by atoms with Gasteiger partial charge in [0.2, 0.25) is 5.95 Å². The van der Waals surface area contributed by atoms with Gasteiger partial charge < -0.3 is 5.32 Å². The van der Waals surface area contributed by atoms with Crippen molar-refractivity contribution >= 4 is 40.3 Å². The van der Waals surface area contributed by atoms with Crippen molar-refractivity contribution in [2.24, 2.45) is 0 Å². The second-order valence-electron chi connectivity index (χ2n) is 3.74. The minimum atomic E-state index is 0.558. The SMILES string of the molecule is CSC1CCC(Nc2ncc(I)cn2)C1. The standard InChI is InChI=1S/C10H14IN3S/c1-15-9-3-2-8(4-9)14-10-12-5-7(11)6-13-10/h5-6,8-9H,2-4H2,1H3,(H,12,13,14). The summed E-state index contributed by atoms with van der Waals surface area (Å²) in [6, 6.07) is 0.558. The predicted octanol–water partition coefficient (Wildman–Crippen LogP) is 2.78. The van der Waals surface area contributed by atoms with Gasteiger partial charge in [0.25, 0.3) is 0 Å². The Morgan fingerprint density at radius 1 is 1.40 bits per heavy atom. The third-order valence-electron chi connectivity index (χ3n) is 2.67. The van der Waals surface area contributed by atoms with Gasteiger partial charge in [-0.05, 0) is 48.1 Å². The summed E-state index contributed by atoms with van der Waals surface area (Å²) in [6.45, 7) is 0. The molecule has 1 aliphatic rings. The molecule has 1 aromatic heterocycles. The van der Waals surface area contributed by atoms with Crippen LogP contribution in [0.2, 0.25) is 0 Å². The zero-order valence-corrected chi connectivity index (χ0v) is 11.6. The topological polar surface area (TPSA) is 37.8 Å². The van der Waals surface area contributed by atoms with Crippen LogP contribution in [0.5, 0.6) is 0 Å². The van der Waals surface area contributed by atoms with Crippen LogP contribution < -0.4 is 5.32 Å². The van der Waals surface area contributed by atoms with Gasteiger partial charge in [0.15, 0.2) is 0 Å². The van der Waals surface area contributed by atoms with Crippen LogP contribution in [0.25, 0.3) is 0 Å². The Labute approximate surface area is 108 Å². The van der Waals surface area contributed by atoms with Crippen LogP contribution >= 0.6 is 34.4 Å². The maximum absolute atomic E-state index is 4.26. The highest BCUT2D eigenvalue weighted by molar-refractivity contribution is 14.1. The van der Waals surface area contributed by atoms with E-state index in [0.29, 0.717) is 6.04 Å². The van der Waals surface area contributed by atoms with Crippen LogP contribution in [0.3, 0.4) is 0 Å². The average molecular weight is 335 g/mol. The van der Waals surface area contributed by atoms with Gasteiger partial charge in [-0.25, -0.2) is 9.97 Å². The highest BCUT2D eigenvalue weighted by Gasteiger charge is 2.24. The molecule has 2 rings (SSSR count). The van der Waals surface area contributed by atoms with Crippen molar-refractivity contribution in [3.05, 3.63) is 16.0 Å². The largest absolute Gasteiger partial charge is 0.351 e. The minimum absolute atomic E-state index is 0.558. The molecule has 0 aliphatic heterocycles. The van der Waals surface area contributed by atoms with E-state index in [-0.39, 0.29) is 0 Å². The van der Waals surface area contributed by atoms with Gasteiger partial charge in [0.05, 0.1) is 0 Å². The highest BCUT2D eigenvalue weighted by atomic mass is 127. The third kappa shape index (κ3) is 3.21. The molecule has 0 aromatic carbocycles. The Balaban J connectivity index is 1.90. The summed E-state index contributed by atoms with van der Waals surface area (Å²) in [4.78, 5) is 8.51. The van der Waals surface area contributed by atoms with Crippen LogP contribution in [0.4, 0.5) is 5.95 Å². The second-order valence-corrected chi connectivity index (χ2v) is 6.12. The molecule has 1 aromatic rings. The van der Waals surface area contributed by atoms with Gasteiger partial charge in [-0.2, -0.15) is 11.8 Å². The van der Waals surface area contributed by atoms with Gasteiger partial charge in [-0.3, -0.25) is 0 Å². The van der Waals surface area contributed by atoms with E-state index in [1.807, 2.05) is 24.2 Å². The number of aromatic nitrogens is 2. The number of nitrogens with zero attached hydrogens (tertiary/aromatic N) is 2. The Hall–Kier alpha value is -0.0400. The van der Waals surface area contributed by atoms with Gasteiger partial charge >= 0.3 is 0 Å². The van der Waals surface area contributed by atoms with E-state index in [4.69, 9.17) is 0 Å². The summed E-state index contributed by atoms with van der Waals surface area (Å²) >= 11 is 4.18. The molecule has 15 heavy (non-hydrogen) atoms. The van der Waals surface area contributed by atoms with E-state index in [1.165, 1.54) is 19.3 Å². The summed E-state index contributed by atoms with van der Waals surface area (Å²) in [5.41, 5.74) is 0. The van der Waals surface area contributed by atoms with Crippen LogP contribution in [0.15, 0.2) is 12.4 Å². The summed E-state index contributed by atoms with van der Waals surface area (Å²) < 4.78 is 1.08. The van der Waals surface area contributed by atoms with Crippen molar-refractivity contribution in [3.8, 4) is 0 Å². The summed E-state index contributed by atoms with van der Waals surface area (Å²) in [7, 11) is 0. The van der Waals surface area contributed by atoms with Gasteiger partial charge in [0.1, 0.15) is 0 Å². The molecule has 1 N–H and O–H groups in total. The number of anilines is 1. The monoisotopic (exact) mass is 335 g/mol. The van der Waals surface area contributed by atoms with E-state index in [1.54, 1.807) is 0 Å². The van der Waals surface area contributed by atoms with Gasteiger partial charge in [-0.1, -0.05) is 0 Å². The van der Waals surface area contributed by atoms with Crippen molar-refractivity contribution in [1.29, 1.82) is 0 Å². The molecular weight excluding hydrogens is 321 g/mol. The molecule has 0 radical (unpaired) electrons. The molecule has 5 heteroatoms. The Morgan fingerprint density at radius 2 is 2.13 bits per heavy atom. The number of halogens is 1. The molecule has 1 aliphatic carbocycles. The van der Waals surface area contributed by atoms with E-state index in [9.17, 15) is 0 Å². The normalized spacial score (nSPS) is 25.5. The van der Waals surface area contributed by atoms with Crippen molar-refractivity contribution in [1.82, 2.24) is 9.97 Å². The first kappa shape index (κ1) is 11.4. The number of rotatable bonds is 3. The zero-order valence-electron chi connectivity index (χ0n) is 8.61. The summed E-state index contributed by atoms with van der Waals surface area (Å²) in [6.07, 6.45) is 9.66. The molecule has 2 unspecified atom stereocenters. The molecule has 0 amide bonds. The first-order valence-corrected chi connectivity index (χ1v) is 7.41. The molecule has 2 atom stereocenters. The van der Waals surface area contributed by atoms with Crippen LogP contribution in [0.1, 0.15) is 19.3 Å². The van der Waals surface area contributed by atoms with E-state index < -0.39 is 0 Å². The van der Waals surface area contributed by atoms with Crippen molar-refractivity contribution < 1.29 is 0 Å². The molecule has 0 bridgehead atoms. The number of nitrogens with one attached hydrogen (secondary N) is 1. The summed E-state index contributed by atoms with van der Waals surface area (Å²) in [5, 5.41) is 4.20. The minimum Gasteiger partial charge on any atom is -0.351 e. The lowest BCUT2D eigenvalue weighted by Gasteiger charge is -2.12. The molecule has 82 valence electrons. The lowest BCUT2D eigenvalue weighted by atomic mass is 10.2. The fourth-order valence-corrected chi connectivity index (χ4v) is 2.93. The Bertz CT molecular complexity index is 317. The number of hydrogen-bond acceptors (Lipinski definition) is 4. The first-order chi connectivity index (χ1) is 7.28. The average Bonchev–Trinajstić information content (AvgIpc) is 2.69. The van der Waals surface area contributed by atoms with E-state index in [0.717, 1.165) is 14.8 Å². The molecule has 0 spiro atoms. The first-order valence-electron chi connectivity index (χ1n) is 5.05. The third-order valence-corrected chi connectivity index (χ3v) is 4.32. The molecule has 1 saturated carbocycles. The van der Waals surface area contributed by atoms with Crippen molar-refractivity contribution in [2.45, 2.75) is 30.6 Å². The fourth-order valence-electron chi connectivity index (χ4n) is 1.85. The maximum atomic E-state index is 4.26. The van der Waals surface area contributed by atoms with E-state index >= 15 is 0 Å². The van der Waals surface area contributed by atoms with E-state index in [2.05, 4.69) is 44.1 Å². The molecule has 0 saturated heterocycles. The molecule has 1 heterocycles. The zero-order chi connectivity index (χ0) is 10.7. The van der Waals surface area contributed by atoms with Crippen LogP contribution in [-0.2, 0) is 0 Å². The maximum Gasteiger partial charge on any atom is 0.222 e. The predicted molar refractivity (Wildman–Crippen MR) is 73.3 cm³/mol. The van der Waals surface area contributed by atoms with Gasteiger partial charge in [-0.15, -0.1) is 0 Å². The molecular formula is C10H14IN3S. The second kappa shape index (κ2) is 5.34. The molecule has 1 fully saturated rings. The summed E-state index contributed by atoms with van der Waals surface area (Å²) in [5.74, 6) is 0.766. The Kier molecular flexibility index (Phi) is 4.07. The highest BCUT2D eigenvalue weighted by Crippen LogP contribution is 2.29. The fraction of sp³-hybridized carbons (Fsp3) is 0.600. The van der Waals surface area contributed by atoms with Crippen LogP contribution in [-0.4, -0.2) is 27.5 Å². The lowest BCUT2D eigenvalue weighted by Crippen LogP contribution is -2.17. The lowest BCUT2D eigenvalue weighted by molar-refractivity contribution is 0.745. The quantitative estimate of drug-likeness (QED) is 0.862. The molecule has 3 nitrogen and oxygen atoms in total. The van der Waals surface area contributed by atoms with Crippen molar-refractivity contribution in [2.75, 3.05) is 11.6 Å². The number of thioether (sulfide) groups is 1. The van der Waals surface area contributed by atoms with Crippen LogP contribution in [0, 0.1) is 3.57 Å². The number of hydrogen-bond donors (Lipinski definition) is 1. The van der Waals surface area contributed by atoms with Gasteiger partial charge in [0, 0.05) is 27.3 Å². The Morgan fingerprint density at radius 3 is 2.73 bits per heavy atom. The van der Waals surface area contributed by atoms with Crippen molar-refractivity contribution in [3.63, 3.8) is 0 Å².